The summed E-state index contributed by atoms with van der Waals surface area (Å²) in [6.07, 6.45) is 0.361. The van der Waals surface area contributed by atoms with Gasteiger partial charge in [-0.05, 0) is 30.3 Å². The molecule has 0 spiro atoms. The number of sulfonamides is 1. The van der Waals surface area contributed by atoms with Crippen LogP contribution in [0.15, 0.2) is 59.5 Å². The van der Waals surface area contributed by atoms with E-state index in [1.807, 2.05) is 0 Å². The summed E-state index contributed by atoms with van der Waals surface area (Å²) < 4.78 is 26.9. The summed E-state index contributed by atoms with van der Waals surface area (Å²) in [5, 5.41) is 2.68. The van der Waals surface area contributed by atoms with Crippen LogP contribution in [0, 0.1) is 0 Å². The third-order valence-electron chi connectivity index (χ3n) is 2.77. The van der Waals surface area contributed by atoms with E-state index < -0.39 is 10.0 Å². The van der Waals surface area contributed by atoms with Gasteiger partial charge in [0.2, 0.25) is 5.91 Å². The number of anilines is 2. The minimum atomic E-state index is -3.63. The molecule has 2 rings (SSSR count). The van der Waals surface area contributed by atoms with Gasteiger partial charge in [-0.15, -0.1) is 0 Å². The minimum Gasteiger partial charge on any atom is -0.326 e. The third-order valence-corrected chi connectivity index (χ3v) is 4.17. The molecule has 0 fully saturated rings. The lowest BCUT2D eigenvalue weighted by molar-refractivity contribution is -0.115. The Kier molecular flexibility index (Phi) is 4.59. The molecule has 0 unspecified atom stereocenters. The zero-order valence-electron chi connectivity index (χ0n) is 11.5. The van der Waals surface area contributed by atoms with E-state index in [1.54, 1.807) is 49.4 Å². The predicted molar refractivity (Wildman–Crippen MR) is 82.6 cm³/mol. The summed E-state index contributed by atoms with van der Waals surface area (Å²) in [5.41, 5.74) is 0.947. The predicted octanol–water partition coefficient (Wildman–Crippen LogP) is 2.84. The maximum absolute atomic E-state index is 12.2. The summed E-state index contributed by atoms with van der Waals surface area (Å²) in [5.74, 6) is -0.127. The molecule has 21 heavy (non-hydrogen) atoms. The molecule has 1 amide bonds. The second kappa shape index (κ2) is 6.41. The Bertz CT molecular complexity index is 728. The summed E-state index contributed by atoms with van der Waals surface area (Å²) in [6.45, 7) is 1.75. The molecule has 5 nitrogen and oxygen atoms in total. The van der Waals surface area contributed by atoms with Crippen LogP contribution in [0.1, 0.15) is 13.3 Å². The number of benzene rings is 2. The van der Waals surface area contributed by atoms with E-state index in [2.05, 4.69) is 10.0 Å². The number of hydrogen-bond donors (Lipinski definition) is 2. The first kappa shape index (κ1) is 15.1. The molecule has 0 radical (unpaired) electrons. The fourth-order valence-electron chi connectivity index (χ4n) is 1.72. The average molecular weight is 304 g/mol. The molecule has 0 aromatic heterocycles. The zero-order chi connectivity index (χ0) is 15.3. The molecule has 2 aromatic rings. The number of nitrogens with one attached hydrogen (secondary N) is 2. The first-order valence-electron chi connectivity index (χ1n) is 6.49. The molecule has 110 valence electrons. The van der Waals surface area contributed by atoms with Gasteiger partial charge in [0.25, 0.3) is 10.0 Å². The maximum atomic E-state index is 12.2. The van der Waals surface area contributed by atoms with Crippen molar-refractivity contribution in [3.8, 4) is 0 Å². The number of amides is 1. The van der Waals surface area contributed by atoms with Gasteiger partial charge in [0.05, 0.1) is 10.6 Å². The summed E-state index contributed by atoms with van der Waals surface area (Å²) >= 11 is 0. The Labute approximate surface area is 124 Å². The van der Waals surface area contributed by atoms with E-state index in [4.69, 9.17) is 0 Å². The van der Waals surface area contributed by atoms with Crippen molar-refractivity contribution in [2.24, 2.45) is 0 Å². The molecule has 0 atom stereocenters. The van der Waals surface area contributed by atoms with Gasteiger partial charge < -0.3 is 5.32 Å². The van der Waals surface area contributed by atoms with Gasteiger partial charge in [-0.2, -0.15) is 0 Å². The van der Waals surface area contributed by atoms with Crippen LogP contribution in [0.2, 0.25) is 0 Å². The molecule has 0 bridgehead atoms. The van der Waals surface area contributed by atoms with Crippen molar-refractivity contribution in [1.82, 2.24) is 0 Å². The molecule has 6 heteroatoms. The van der Waals surface area contributed by atoms with Gasteiger partial charge in [-0.3, -0.25) is 9.52 Å². The van der Waals surface area contributed by atoms with Crippen LogP contribution in [0.25, 0.3) is 0 Å². The summed E-state index contributed by atoms with van der Waals surface area (Å²) in [6, 6.07) is 14.7. The molecule has 0 saturated heterocycles. The fourth-order valence-corrected chi connectivity index (χ4v) is 2.79. The van der Waals surface area contributed by atoms with E-state index in [-0.39, 0.29) is 10.8 Å². The monoisotopic (exact) mass is 304 g/mol. The van der Waals surface area contributed by atoms with Gasteiger partial charge in [-0.25, -0.2) is 8.42 Å². The van der Waals surface area contributed by atoms with Crippen LogP contribution in [0.3, 0.4) is 0 Å². The van der Waals surface area contributed by atoms with Crippen molar-refractivity contribution < 1.29 is 13.2 Å². The lowest BCUT2D eigenvalue weighted by Gasteiger charge is -2.10. The highest BCUT2D eigenvalue weighted by atomic mass is 32.2. The third kappa shape index (κ3) is 4.06. The van der Waals surface area contributed by atoms with E-state index in [1.165, 1.54) is 12.1 Å². The van der Waals surface area contributed by atoms with E-state index in [9.17, 15) is 13.2 Å². The Morgan fingerprint density at radius 3 is 2.33 bits per heavy atom. The molecule has 0 aliphatic carbocycles. The van der Waals surface area contributed by atoms with Crippen LogP contribution in [-0.4, -0.2) is 14.3 Å². The largest absolute Gasteiger partial charge is 0.326 e. The van der Waals surface area contributed by atoms with Crippen molar-refractivity contribution >= 4 is 27.3 Å². The molecular weight excluding hydrogens is 288 g/mol. The highest BCUT2D eigenvalue weighted by Crippen LogP contribution is 2.19. The highest BCUT2D eigenvalue weighted by Gasteiger charge is 2.13. The SMILES string of the molecule is CCC(=O)Nc1cccc(NS(=O)(=O)c2ccccc2)c1. The Morgan fingerprint density at radius 2 is 1.67 bits per heavy atom. The lowest BCUT2D eigenvalue weighted by Crippen LogP contribution is -2.13. The summed E-state index contributed by atoms with van der Waals surface area (Å²) in [4.78, 5) is 11.5. The van der Waals surface area contributed by atoms with Crippen molar-refractivity contribution in [3.05, 3.63) is 54.6 Å². The Hall–Kier alpha value is -2.34. The van der Waals surface area contributed by atoms with Gasteiger partial charge in [0.15, 0.2) is 0 Å². The van der Waals surface area contributed by atoms with Gasteiger partial charge in [0, 0.05) is 12.1 Å². The molecule has 2 N–H and O–H groups in total. The van der Waals surface area contributed by atoms with Gasteiger partial charge in [-0.1, -0.05) is 31.2 Å². The van der Waals surface area contributed by atoms with Crippen LogP contribution < -0.4 is 10.0 Å². The second-order valence-electron chi connectivity index (χ2n) is 4.40. The minimum absolute atomic E-state index is 0.127. The smallest absolute Gasteiger partial charge is 0.261 e. The van der Waals surface area contributed by atoms with E-state index >= 15 is 0 Å². The Morgan fingerprint density at radius 1 is 1.00 bits per heavy atom. The van der Waals surface area contributed by atoms with Crippen LogP contribution >= 0.6 is 0 Å². The van der Waals surface area contributed by atoms with Gasteiger partial charge >= 0.3 is 0 Å². The first-order chi connectivity index (χ1) is 10.0. The number of carbonyl (C=O) groups is 1. The number of carbonyl (C=O) groups excluding carboxylic acids is 1. The highest BCUT2D eigenvalue weighted by molar-refractivity contribution is 7.92. The second-order valence-corrected chi connectivity index (χ2v) is 6.08. The lowest BCUT2D eigenvalue weighted by atomic mass is 10.3. The average Bonchev–Trinajstić information content (AvgIpc) is 2.48. The van der Waals surface area contributed by atoms with Crippen molar-refractivity contribution in [3.63, 3.8) is 0 Å². The van der Waals surface area contributed by atoms with Gasteiger partial charge in [0.1, 0.15) is 0 Å². The molecule has 0 heterocycles. The molecule has 0 aliphatic heterocycles. The maximum Gasteiger partial charge on any atom is 0.261 e. The van der Waals surface area contributed by atoms with E-state index in [0.717, 1.165) is 0 Å². The van der Waals surface area contributed by atoms with Crippen LogP contribution in [0.4, 0.5) is 11.4 Å². The zero-order valence-corrected chi connectivity index (χ0v) is 12.4. The standard InChI is InChI=1S/C15H16N2O3S/c1-2-15(18)16-12-7-6-8-13(11-12)17-21(19,20)14-9-4-3-5-10-14/h3-11,17H,2H2,1H3,(H,16,18). The van der Waals surface area contributed by atoms with Crippen molar-refractivity contribution in [2.45, 2.75) is 18.2 Å². The number of rotatable bonds is 5. The quantitative estimate of drug-likeness (QED) is 0.892. The number of hydrogen-bond acceptors (Lipinski definition) is 3. The van der Waals surface area contributed by atoms with Crippen molar-refractivity contribution in [1.29, 1.82) is 0 Å². The van der Waals surface area contributed by atoms with E-state index in [0.29, 0.717) is 17.8 Å². The molecule has 2 aromatic carbocycles. The molecule has 0 aliphatic rings. The first-order valence-corrected chi connectivity index (χ1v) is 7.97. The summed E-state index contributed by atoms with van der Waals surface area (Å²) in [7, 11) is -3.63. The topological polar surface area (TPSA) is 75.3 Å². The van der Waals surface area contributed by atoms with Crippen LogP contribution in [-0.2, 0) is 14.8 Å². The van der Waals surface area contributed by atoms with Crippen molar-refractivity contribution in [2.75, 3.05) is 10.0 Å². The normalized spacial score (nSPS) is 10.9. The Balaban J connectivity index is 2.20. The molecule has 0 saturated carbocycles. The molecular formula is C15H16N2O3S. The fraction of sp³-hybridized carbons (Fsp3) is 0.133. The van der Waals surface area contributed by atoms with Crippen LogP contribution in [0.5, 0.6) is 0 Å².